The van der Waals surface area contributed by atoms with Crippen LogP contribution in [0.2, 0.25) is 0 Å². The number of amides is 2. The average molecular weight is 480 g/mol. The number of hydrogen-bond donors (Lipinski definition) is 2. The molecule has 0 aliphatic carbocycles. The van der Waals surface area contributed by atoms with Gasteiger partial charge in [0.05, 0.1) is 12.8 Å². The van der Waals surface area contributed by atoms with E-state index in [9.17, 15) is 22.4 Å². The van der Waals surface area contributed by atoms with Crippen LogP contribution < -0.4 is 5.32 Å². The van der Waals surface area contributed by atoms with Crippen molar-refractivity contribution in [2.75, 3.05) is 33.0 Å². The van der Waals surface area contributed by atoms with Gasteiger partial charge in [-0.05, 0) is 29.7 Å². The standard InChI is InChI=1S/C23H30FN3O5S/c1-26(33(2,31)32)17-22(29)27(16-19-9-11-20(24)12-10-19)21(23(30)25-13-6-14-28)15-18-7-4-3-5-8-18/h3-5,7-12,21,28H,6,13-17H2,1-2H3,(H,25,30)/t21-/m1/s1. The highest BCUT2D eigenvalue weighted by molar-refractivity contribution is 7.88. The van der Waals surface area contributed by atoms with Gasteiger partial charge in [0, 0.05) is 33.2 Å². The maximum Gasteiger partial charge on any atom is 0.243 e. The van der Waals surface area contributed by atoms with Gasteiger partial charge in [-0.15, -0.1) is 0 Å². The number of hydrogen-bond acceptors (Lipinski definition) is 5. The molecule has 33 heavy (non-hydrogen) atoms. The Morgan fingerprint density at radius 2 is 1.70 bits per heavy atom. The van der Waals surface area contributed by atoms with Gasteiger partial charge in [-0.25, -0.2) is 12.8 Å². The third kappa shape index (κ3) is 8.56. The predicted molar refractivity (Wildman–Crippen MR) is 123 cm³/mol. The van der Waals surface area contributed by atoms with E-state index in [1.165, 1.54) is 36.2 Å². The number of rotatable bonds is 12. The molecule has 0 saturated heterocycles. The van der Waals surface area contributed by atoms with Crippen molar-refractivity contribution in [3.63, 3.8) is 0 Å². The fraction of sp³-hybridized carbons (Fsp3) is 0.391. The zero-order valence-corrected chi connectivity index (χ0v) is 19.6. The number of nitrogens with one attached hydrogen (secondary N) is 1. The van der Waals surface area contributed by atoms with Gasteiger partial charge in [0.1, 0.15) is 11.9 Å². The van der Waals surface area contributed by atoms with Gasteiger partial charge in [-0.2, -0.15) is 4.31 Å². The molecule has 180 valence electrons. The second-order valence-electron chi connectivity index (χ2n) is 7.74. The van der Waals surface area contributed by atoms with Gasteiger partial charge in [0.25, 0.3) is 0 Å². The molecule has 0 aliphatic rings. The Morgan fingerprint density at radius 3 is 2.27 bits per heavy atom. The molecule has 10 heteroatoms. The molecule has 0 bridgehead atoms. The molecule has 0 saturated carbocycles. The number of halogens is 1. The lowest BCUT2D eigenvalue weighted by Gasteiger charge is -2.32. The number of carbonyl (C=O) groups is 2. The summed E-state index contributed by atoms with van der Waals surface area (Å²) in [5.41, 5.74) is 1.40. The summed E-state index contributed by atoms with van der Waals surface area (Å²) in [6, 6.07) is 13.7. The van der Waals surface area contributed by atoms with Crippen molar-refractivity contribution in [2.24, 2.45) is 0 Å². The predicted octanol–water partition coefficient (Wildman–Crippen LogP) is 1.16. The van der Waals surface area contributed by atoms with Gasteiger partial charge in [-0.1, -0.05) is 42.5 Å². The van der Waals surface area contributed by atoms with Crippen LogP contribution in [0.1, 0.15) is 17.5 Å². The van der Waals surface area contributed by atoms with E-state index in [0.29, 0.717) is 12.0 Å². The number of sulfonamides is 1. The minimum Gasteiger partial charge on any atom is -0.396 e. The Hall–Kier alpha value is -2.82. The van der Waals surface area contributed by atoms with Crippen molar-refractivity contribution in [1.82, 2.24) is 14.5 Å². The van der Waals surface area contributed by atoms with E-state index in [-0.39, 0.29) is 26.1 Å². The molecule has 2 aromatic rings. The van der Waals surface area contributed by atoms with Crippen molar-refractivity contribution in [1.29, 1.82) is 0 Å². The SMILES string of the molecule is CN(CC(=O)N(Cc1ccc(F)cc1)[C@H](Cc1ccccc1)C(=O)NCCCO)S(C)(=O)=O. The van der Waals surface area contributed by atoms with E-state index >= 15 is 0 Å². The Balaban J connectivity index is 2.40. The Morgan fingerprint density at radius 1 is 1.06 bits per heavy atom. The molecule has 0 unspecified atom stereocenters. The monoisotopic (exact) mass is 479 g/mol. The topological polar surface area (TPSA) is 107 Å². The lowest BCUT2D eigenvalue weighted by atomic mass is 10.0. The Kier molecular flexibility index (Phi) is 9.95. The molecule has 0 radical (unpaired) electrons. The molecule has 0 heterocycles. The van der Waals surface area contributed by atoms with Crippen molar-refractivity contribution >= 4 is 21.8 Å². The summed E-state index contributed by atoms with van der Waals surface area (Å²) in [7, 11) is -2.34. The van der Waals surface area contributed by atoms with Gasteiger partial charge in [0.2, 0.25) is 21.8 Å². The van der Waals surface area contributed by atoms with Crippen LogP contribution in [0.4, 0.5) is 4.39 Å². The minimum absolute atomic E-state index is 0.0123. The Bertz CT molecular complexity index is 1020. The van der Waals surface area contributed by atoms with E-state index in [0.717, 1.165) is 16.1 Å². The van der Waals surface area contributed by atoms with E-state index in [1.807, 2.05) is 30.3 Å². The number of nitrogens with zero attached hydrogens (tertiary/aromatic N) is 2. The van der Waals surface area contributed by atoms with Gasteiger partial charge >= 0.3 is 0 Å². The van der Waals surface area contributed by atoms with Crippen LogP contribution in [0.15, 0.2) is 54.6 Å². The fourth-order valence-electron chi connectivity index (χ4n) is 3.15. The molecule has 0 aliphatic heterocycles. The minimum atomic E-state index is -3.62. The van der Waals surface area contributed by atoms with Crippen molar-refractivity contribution in [2.45, 2.75) is 25.4 Å². The summed E-state index contributed by atoms with van der Waals surface area (Å²) in [5.74, 6) is -1.42. The fourth-order valence-corrected chi connectivity index (χ4v) is 3.49. The molecular weight excluding hydrogens is 449 g/mol. The first-order valence-electron chi connectivity index (χ1n) is 10.5. The lowest BCUT2D eigenvalue weighted by molar-refractivity contribution is -0.141. The van der Waals surface area contributed by atoms with Gasteiger partial charge < -0.3 is 15.3 Å². The maximum absolute atomic E-state index is 13.4. The highest BCUT2D eigenvalue weighted by Crippen LogP contribution is 2.16. The Labute approximate surface area is 194 Å². The van der Waals surface area contributed by atoms with Crippen LogP contribution in [0.5, 0.6) is 0 Å². The largest absolute Gasteiger partial charge is 0.396 e. The second-order valence-corrected chi connectivity index (χ2v) is 9.83. The summed E-state index contributed by atoms with van der Waals surface area (Å²) < 4.78 is 38.0. The molecule has 1 atom stereocenters. The molecule has 2 aromatic carbocycles. The number of aliphatic hydroxyl groups excluding tert-OH is 1. The summed E-state index contributed by atoms with van der Waals surface area (Å²) >= 11 is 0. The third-order valence-electron chi connectivity index (χ3n) is 5.10. The number of likely N-dealkylation sites (N-methyl/N-ethyl adjacent to an activating group) is 1. The van der Waals surface area contributed by atoms with E-state index < -0.39 is 40.2 Å². The first-order chi connectivity index (χ1) is 15.6. The van der Waals surface area contributed by atoms with Crippen LogP contribution in [0, 0.1) is 5.82 Å². The van der Waals surface area contributed by atoms with Crippen molar-refractivity contribution in [3.05, 3.63) is 71.5 Å². The van der Waals surface area contributed by atoms with Crippen LogP contribution in [-0.4, -0.2) is 73.6 Å². The zero-order chi connectivity index (χ0) is 24.4. The highest BCUT2D eigenvalue weighted by atomic mass is 32.2. The van der Waals surface area contributed by atoms with Crippen molar-refractivity contribution < 1.29 is 27.5 Å². The van der Waals surface area contributed by atoms with E-state index in [2.05, 4.69) is 5.32 Å². The summed E-state index contributed by atoms with van der Waals surface area (Å²) in [5, 5.41) is 11.8. The van der Waals surface area contributed by atoms with Crippen LogP contribution in [-0.2, 0) is 32.6 Å². The van der Waals surface area contributed by atoms with Gasteiger partial charge in [-0.3, -0.25) is 9.59 Å². The average Bonchev–Trinajstić information content (AvgIpc) is 2.77. The summed E-state index contributed by atoms with van der Waals surface area (Å²) in [6.07, 6.45) is 1.54. The molecule has 2 N–H and O–H groups in total. The maximum atomic E-state index is 13.4. The normalized spacial score (nSPS) is 12.4. The van der Waals surface area contributed by atoms with Crippen molar-refractivity contribution in [3.8, 4) is 0 Å². The van der Waals surface area contributed by atoms with E-state index in [1.54, 1.807) is 0 Å². The summed E-state index contributed by atoms with van der Waals surface area (Å²) in [4.78, 5) is 27.7. The third-order valence-corrected chi connectivity index (χ3v) is 6.36. The number of benzene rings is 2. The van der Waals surface area contributed by atoms with Gasteiger partial charge in [0.15, 0.2) is 0 Å². The first kappa shape index (κ1) is 26.4. The molecule has 2 rings (SSSR count). The molecule has 0 aromatic heterocycles. The van der Waals surface area contributed by atoms with Crippen LogP contribution in [0.25, 0.3) is 0 Å². The lowest BCUT2D eigenvalue weighted by Crippen LogP contribution is -2.53. The number of carbonyl (C=O) groups excluding carboxylic acids is 2. The van der Waals surface area contributed by atoms with Crippen LogP contribution >= 0.6 is 0 Å². The molecule has 0 fully saturated rings. The highest BCUT2D eigenvalue weighted by Gasteiger charge is 2.31. The number of aliphatic hydroxyl groups is 1. The molecule has 2 amide bonds. The second kappa shape index (κ2) is 12.4. The first-order valence-corrected chi connectivity index (χ1v) is 12.3. The molecule has 8 nitrogen and oxygen atoms in total. The smallest absolute Gasteiger partial charge is 0.243 e. The summed E-state index contributed by atoms with van der Waals surface area (Å²) in [6.45, 7) is -0.333. The zero-order valence-electron chi connectivity index (χ0n) is 18.8. The molecular formula is C23H30FN3O5S. The van der Waals surface area contributed by atoms with Crippen LogP contribution in [0.3, 0.4) is 0 Å². The quantitative estimate of drug-likeness (QED) is 0.444. The van der Waals surface area contributed by atoms with E-state index in [4.69, 9.17) is 5.11 Å². The molecule has 0 spiro atoms.